The molecule has 0 radical (unpaired) electrons. The minimum Gasteiger partial charge on any atom is -0.492 e. The van der Waals surface area contributed by atoms with Crippen molar-refractivity contribution in [2.24, 2.45) is 5.92 Å². The van der Waals surface area contributed by atoms with E-state index in [1.165, 1.54) is 0 Å². The number of nitrogens with zero attached hydrogens (tertiary/aromatic N) is 2. The summed E-state index contributed by atoms with van der Waals surface area (Å²) in [6.07, 6.45) is 4.83. The van der Waals surface area contributed by atoms with Crippen LogP contribution in [0.25, 0.3) is 0 Å². The number of amides is 2. The Balaban J connectivity index is 1.30. The van der Waals surface area contributed by atoms with Crippen LogP contribution >= 0.6 is 0 Å². The highest BCUT2D eigenvalue weighted by molar-refractivity contribution is 5.97. The standard InChI is InChI=1S/C27H34N2O3/c1-2-23(22-10-4-3-5-11-22)26(30)29-18-14-21(15-19-29)20-32-25-13-7-6-12-24(25)27(31)28-16-8-9-17-28/h3-7,10-13,21,23H,2,8-9,14-20H2,1H3/t23-/m0/s1. The molecule has 2 aromatic carbocycles. The first kappa shape index (κ1) is 22.4. The molecule has 32 heavy (non-hydrogen) atoms. The summed E-state index contributed by atoms with van der Waals surface area (Å²) in [4.78, 5) is 29.9. The summed E-state index contributed by atoms with van der Waals surface area (Å²) in [5.41, 5.74) is 1.76. The molecule has 2 aliphatic rings. The summed E-state index contributed by atoms with van der Waals surface area (Å²) in [5, 5.41) is 0. The van der Waals surface area contributed by atoms with E-state index in [2.05, 4.69) is 6.92 Å². The van der Waals surface area contributed by atoms with E-state index in [9.17, 15) is 9.59 Å². The smallest absolute Gasteiger partial charge is 0.257 e. The number of carbonyl (C=O) groups excluding carboxylic acids is 2. The van der Waals surface area contributed by atoms with E-state index in [1.807, 2.05) is 64.4 Å². The lowest BCUT2D eigenvalue weighted by Gasteiger charge is -2.34. The topological polar surface area (TPSA) is 49.9 Å². The summed E-state index contributed by atoms with van der Waals surface area (Å²) in [5.74, 6) is 1.32. The number of carbonyl (C=O) groups is 2. The SMILES string of the molecule is CC[C@H](C(=O)N1CCC(COc2ccccc2C(=O)N2CCCC2)CC1)c1ccccc1. The highest BCUT2D eigenvalue weighted by Gasteiger charge is 2.29. The van der Waals surface area contributed by atoms with Gasteiger partial charge in [0.2, 0.25) is 5.91 Å². The van der Waals surface area contributed by atoms with Crippen LogP contribution in [-0.2, 0) is 4.79 Å². The van der Waals surface area contributed by atoms with Crippen molar-refractivity contribution in [1.29, 1.82) is 0 Å². The van der Waals surface area contributed by atoms with Gasteiger partial charge in [0.1, 0.15) is 5.75 Å². The first-order chi connectivity index (χ1) is 15.7. The Bertz CT molecular complexity index is 900. The molecule has 4 rings (SSSR count). The molecular formula is C27H34N2O3. The van der Waals surface area contributed by atoms with Crippen LogP contribution in [0.2, 0.25) is 0 Å². The summed E-state index contributed by atoms with van der Waals surface area (Å²) < 4.78 is 6.14. The average Bonchev–Trinajstić information content (AvgIpc) is 3.39. The monoisotopic (exact) mass is 434 g/mol. The zero-order valence-electron chi connectivity index (χ0n) is 19.0. The molecule has 5 heteroatoms. The van der Waals surface area contributed by atoms with Crippen LogP contribution in [0, 0.1) is 5.92 Å². The normalized spacial score (nSPS) is 17.9. The van der Waals surface area contributed by atoms with Gasteiger partial charge in [0, 0.05) is 26.2 Å². The molecule has 0 aromatic heterocycles. The van der Waals surface area contributed by atoms with Crippen LogP contribution in [0.4, 0.5) is 0 Å². The van der Waals surface area contributed by atoms with Crippen molar-refractivity contribution in [3.8, 4) is 5.75 Å². The third kappa shape index (κ3) is 5.14. The second kappa shape index (κ2) is 10.7. The van der Waals surface area contributed by atoms with Gasteiger partial charge in [0.25, 0.3) is 5.91 Å². The molecule has 2 aliphatic heterocycles. The quantitative estimate of drug-likeness (QED) is 0.633. The van der Waals surface area contributed by atoms with Gasteiger partial charge in [-0.2, -0.15) is 0 Å². The van der Waals surface area contributed by atoms with E-state index in [0.29, 0.717) is 23.8 Å². The van der Waals surface area contributed by atoms with E-state index in [4.69, 9.17) is 4.74 Å². The van der Waals surface area contributed by atoms with Gasteiger partial charge in [-0.05, 0) is 55.7 Å². The Morgan fingerprint density at radius 3 is 2.25 bits per heavy atom. The molecule has 1 atom stereocenters. The fourth-order valence-electron chi connectivity index (χ4n) is 4.85. The van der Waals surface area contributed by atoms with E-state index < -0.39 is 0 Å². The number of benzene rings is 2. The van der Waals surface area contributed by atoms with E-state index in [0.717, 1.165) is 63.8 Å². The van der Waals surface area contributed by atoms with Gasteiger partial charge in [-0.15, -0.1) is 0 Å². The van der Waals surface area contributed by atoms with Gasteiger partial charge in [-0.1, -0.05) is 49.4 Å². The van der Waals surface area contributed by atoms with Crippen LogP contribution in [0.1, 0.15) is 60.9 Å². The Morgan fingerprint density at radius 2 is 1.56 bits per heavy atom. The average molecular weight is 435 g/mol. The lowest BCUT2D eigenvalue weighted by molar-refractivity contribution is -0.134. The van der Waals surface area contributed by atoms with Crippen LogP contribution in [0.3, 0.4) is 0 Å². The molecule has 0 N–H and O–H groups in total. The zero-order valence-corrected chi connectivity index (χ0v) is 19.0. The molecule has 0 unspecified atom stereocenters. The van der Waals surface area contributed by atoms with Crippen molar-refractivity contribution in [2.45, 2.75) is 44.9 Å². The molecule has 2 saturated heterocycles. The molecule has 0 spiro atoms. The summed E-state index contributed by atoms with van der Waals surface area (Å²) >= 11 is 0. The highest BCUT2D eigenvalue weighted by Crippen LogP contribution is 2.27. The predicted octanol–water partition coefficient (Wildman–Crippen LogP) is 4.73. The van der Waals surface area contributed by atoms with Gasteiger partial charge < -0.3 is 14.5 Å². The number of ether oxygens (including phenoxy) is 1. The molecule has 170 valence electrons. The van der Waals surface area contributed by atoms with Gasteiger partial charge in [0.15, 0.2) is 0 Å². The molecule has 0 bridgehead atoms. The van der Waals surface area contributed by atoms with Crippen LogP contribution in [-0.4, -0.2) is 54.4 Å². The van der Waals surface area contributed by atoms with Crippen molar-refractivity contribution < 1.29 is 14.3 Å². The number of rotatable bonds is 7. The fraction of sp³-hybridized carbons (Fsp3) is 0.481. The largest absolute Gasteiger partial charge is 0.492 e. The first-order valence-electron chi connectivity index (χ1n) is 12.0. The molecule has 0 aliphatic carbocycles. The maximum atomic E-state index is 13.1. The first-order valence-corrected chi connectivity index (χ1v) is 12.0. The Labute approximate surface area is 191 Å². The minimum absolute atomic E-state index is 0.0625. The predicted molar refractivity (Wildman–Crippen MR) is 126 cm³/mol. The third-order valence-corrected chi connectivity index (χ3v) is 6.82. The maximum Gasteiger partial charge on any atom is 0.257 e. The lowest BCUT2D eigenvalue weighted by Crippen LogP contribution is -2.42. The number of hydrogen-bond donors (Lipinski definition) is 0. The van der Waals surface area contributed by atoms with Crippen LogP contribution in [0.15, 0.2) is 54.6 Å². The molecular weight excluding hydrogens is 400 g/mol. The number of likely N-dealkylation sites (tertiary alicyclic amines) is 2. The number of piperidine rings is 1. The van der Waals surface area contributed by atoms with Gasteiger partial charge in [-0.25, -0.2) is 0 Å². The Hall–Kier alpha value is -2.82. The van der Waals surface area contributed by atoms with Crippen molar-refractivity contribution in [2.75, 3.05) is 32.8 Å². The fourth-order valence-corrected chi connectivity index (χ4v) is 4.85. The van der Waals surface area contributed by atoms with Gasteiger partial charge >= 0.3 is 0 Å². The number of para-hydroxylation sites is 1. The number of hydrogen-bond acceptors (Lipinski definition) is 3. The Morgan fingerprint density at radius 1 is 0.906 bits per heavy atom. The molecule has 2 amide bonds. The van der Waals surface area contributed by atoms with Gasteiger partial charge in [-0.3, -0.25) is 9.59 Å². The molecule has 2 heterocycles. The van der Waals surface area contributed by atoms with Gasteiger partial charge in [0.05, 0.1) is 18.1 Å². The van der Waals surface area contributed by atoms with Crippen molar-refractivity contribution in [3.63, 3.8) is 0 Å². The van der Waals surface area contributed by atoms with E-state index in [1.54, 1.807) is 0 Å². The van der Waals surface area contributed by atoms with Crippen molar-refractivity contribution in [1.82, 2.24) is 9.80 Å². The zero-order chi connectivity index (χ0) is 22.3. The maximum absolute atomic E-state index is 13.1. The second-order valence-electron chi connectivity index (χ2n) is 8.95. The molecule has 2 fully saturated rings. The minimum atomic E-state index is -0.0625. The molecule has 2 aromatic rings. The molecule has 5 nitrogen and oxygen atoms in total. The van der Waals surface area contributed by atoms with E-state index >= 15 is 0 Å². The lowest BCUT2D eigenvalue weighted by atomic mass is 9.92. The van der Waals surface area contributed by atoms with Crippen LogP contribution in [0.5, 0.6) is 5.75 Å². The van der Waals surface area contributed by atoms with Crippen molar-refractivity contribution >= 4 is 11.8 Å². The van der Waals surface area contributed by atoms with E-state index in [-0.39, 0.29) is 17.7 Å². The second-order valence-corrected chi connectivity index (χ2v) is 8.95. The summed E-state index contributed by atoms with van der Waals surface area (Å²) in [6.45, 7) is 5.87. The summed E-state index contributed by atoms with van der Waals surface area (Å²) in [6, 6.07) is 17.7. The Kier molecular flexibility index (Phi) is 7.46. The van der Waals surface area contributed by atoms with Crippen LogP contribution < -0.4 is 4.74 Å². The molecule has 0 saturated carbocycles. The summed E-state index contributed by atoms with van der Waals surface area (Å²) in [7, 11) is 0. The third-order valence-electron chi connectivity index (χ3n) is 6.82. The van der Waals surface area contributed by atoms with Crippen molar-refractivity contribution in [3.05, 3.63) is 65.7 Å². The highest BCUT2D eigenvalue weighted by atomic mass is 16.5.